The van der Waals surface area contributed by atoms with E-state index >= 15 is 0 Å². The van der Waals surface area contributed by atoms with Gasteiger partial charge in [0, 0.05) is 87.4 Å². The number of nitrogens with zero attached hydrogens (tertiary/aromatic N) is 4. The number of fused-ring (bicyclic) bond motifs is 20. The van der Waals surface area contributed by atoms with E-state index in [4.69, 9.17) is 8.83 Å². The van der Waals surface area contributed by atoms with E-state index in [9.17, 15) is 0 Å². The third-order valence-electron chi connectivity index (χ3n) is 21.0. The molecule has 0 radical (unpaired) electrons. The van der Waals surface area contributed by atoms with Crippen molar-refractivity contribution in [2.75, 3.05) is 0 Å². The van der Waals surface area contributed by atoms with Gasteiger partial charge >= 0.3 is 0 Å². The minimum atomic E-state index is 0.909. The Hall–Kier alpha value is -13.7. The molecular weight excluding hydrogens is 1240 g/mol. The van der Waals surface area contributed by atoms with Crippen LogP contribution in [0.4, 0.5) is 0 Å². The van der Waals surface area contributed by atoms with Crippen molar-refractivity contribution in [1.29, 1.82) is 0 Å². The Bertz CT molecular complexity index is 7070. The number of furan rings is 2. The molecule has 0 spiro atoms. The second-order valence-electron chi connectivity index (χ2n) is 26.7. The normalized spacial score (nSPS) is 11.9. The molecule has 0 unspecified atom stereocenters. The molecule has 0 aliphatic heterocycles. The summed E-state index contributed by atoms with van der Waals surface area (Å²) in [6.45, 7) is 0. The lowest BCUT2D eigenvalue weighted by Crippen LogP contribution is -1.96. The Kier molecular flexibility index (Phi) is 12.9. The largest absolute Gasteiger partial charge is 0.456 e. The molecule has 0 atom stereocenters. The maximum Gasteiger partial charge on any atom is 0.136 e. The van der Waals surface area contributed by atoms with Gasteiger partial charge < -0.3 is 27.1 Å². The van der Waals surface area contributed by atoms with Crippen LogP contribution in [-0.2, 0) is 0 Å². The Labute approximate surface area is 585 Å². The summed E-state index contributed by atoms with van der Waals surface area (Å²) in [4.78, 5) is 0. The Morgan fingerprint density at radius 3 is 0.961 bits per heavy atom. The molecule has 6 heterocycles. The molecule has 0 saturated carbocycles. The molecule has 6 aromatic heterocycles. The van der Waals surface area contributed by atoms with E-state index < -0.39 is 0 Å². The molecule has 0 aliphatic rings. The highest BCUT2D eigenvalue weighted by atomic mass is 16.3. The molecular formula is C96H60N4O2. The summed E-state index contributed by atoms with van der Waals surface area (Å²) in [7, 11) is 0. The highest BCUT2D eigenvalue weighted by Gasteiger charge is 2.25. The second kappa shape index (κ2) is 23.0. The first kappa shape index (κ1) is 57.4. The van der Waals surface area contributed by atoms with Gasteiger partial charge in [-0.25, -0.2) is 0 Å². The number of aromatic nitrogens is 4. The van der Waals surface area contributed by atoms with Crippen molar-refractivity contribution in [1.82, 2.24) is 18.3 Å². The zero-order chi connectivity index (χ0) is 66.9. The van der Waals surface area contributed by atoms with Crippen molar-refractivity contribution in [2.24, 2.45) is 0 Å². The van der Waals surface area contributed by atoms with Gasteiger partial charge in [-0.2, -0.15) is 0 Å². The summed E-state index contributed by atoms with van der Waals surface area (Å²) >= 11 is 0. The van der Waals surface area contributed by atoms with Crippen LogP contribution >= 0.6 is 0 Å². The van der Waals surface area contributed by atoms with Gasteiger partial charge in [0.1, 0.15) is 22.3 Å². The molecule has 6 heteroatoms. The van der Waals surface area contributed by atoms with Crippen LogP contribution in [0.15, 0.2) is 373 Å². The summed E-state index contributed by atoms with van der Waals surface area (Å²) in [5.41, 5.74) is 27.2. The van der Waals surface area contributed by atoms with Gasteiger partial charge in [-0.1, -0.05) is 237 Å². The van der Waals surface area contributed by atoms with E-state index in [0.717, 1.165) is 72.1 Å². The standard InChI is InChI=1S/2C48H30N2O/c1-3-12-31(13-4-1)33-14-11-15-34(28-33)32-22-24-36(25-23-32)49-41-20-9-7-18-37(41)39-29-40-44(30-43(39)49)50(35-16-5-2-6-17-35)42-26-27-46-48(47(40)42)38-19-8-10-21-45(38)51-46;1-3-12-31(13-4-1)32-22-24-33(25-23-32)34-14-11-17-36(28-34)50-41-20-9-7-18-37(41)39-29-40-44(30-43(39)50)49(35-15-5-2-6-16-35)42-26-27-46-48(47(40)42)38-19-8-10-21-45(38)51-46/h2*1-30H. The number of hydrogen-bond acceptors (Lipinski definition) is 2. The van der Waals surface area contributed by atoms with E-state index in [2.05, 4.69) is 370 Å². The van der Waals surface area contributed by atoms with Crippen molar-refractivity contribution in [3.8, 4) is 67.3 Å². The van der Waals surface area contributed by atoms with Crippen molar-refractivity contribution < 1.29 is 8.83 Å². The van der Waals surface area contributed by atoms with E-state index in [-0.39, 0.29) is 0 Å². The minimum absolute atomic E-state index is 0.909. The molecule has 6 nitrogen and oxygen atoms in total. The van der Waals surface area contributed by atoms with Crippen LogP contribution in [0.1, 0.15) is 0 Å². The molecule has 0 fully saturated rings. The van der Waals surface area contributed by atoms with Crippen LogP contribution in [0.3, 0.4) is 0 Å². The maximum atomic E-state index is 6.41. The SMILES string of the molecule is c1ccc(-c2ccc(-c3cccc(-n4c5ccccc5c5cc6c7c8c(ccc7n(-c7ccccc7)c6cc54)oc4ccccc48)c3)cc2)cc1.c1ccc(-c2cccc(-c3ccc(-n4c5ccccc5c5cc6c7c8c(ccc7n(-c7ccccc7)c6cc54)oc4ccccc48)cc3)c2)cc1. The minimum Gasteiger partial charge on any atom is -0.456 e. The molecule has 102 heavy (non-hydrogen) atoms. The number of hydrogen-bond donors (Lipinski definition) is 0. The van der Waals surface area contributed by atoms with Gasteiger partial charge in [-0.3, -0.25) is 0 Å². The number of para-hydroxylation sites is 6. The molecule has 16 aromatic carbocycles. The molecule has 0 aliphatic carbocycles. The summed E-state index contributed by atoms with van der Waals surface area (Å²) in [6, 6.07) is 131. The van der Waals surface area contributed by atoms with Crippen molar-refractivity contribution in [2.45, 2.75) is 0 Å². The lowest BCUT2D eigenvalue weighted by atomic mass is 9.99. The first-order chi connectivity index (χ1) is 50.6. The Morgan fingerprint density at radius 2 is 0.471 bits per heavy atom. The van der Waals surface area contributed by atoms with Crippen molar-refractivity contribution >= 4 is 131 Å². The first-order valence-electron chi connectivity index (χ1n) is 34.9. The fraction of sp³-hybridized carbons (Fsp3) is 0. The van der Waals surface area contributed by atoms with Gasteiger partial charge in [0.05, 0.1) is 44.1 Å². The summed E-state index contributed by atoms with van der Waals surface area (Å²) < 4.78 is 22.5. The predicted octanol–water partition coefficient (Wildman–Crippen LogP) is 26.2. The topological polar surface area (TPSA) is 46.0 Å². The smallest absolute Gasteiger partial charge is 0.136 e. The fourth-order valence-electron chi connectivity index (χ4n) is 16.5. The molecule has 22 aromatic rings. The highest BCUT2D eigenvalue weighted by Crippen LogP contribution is 2.47. The van der Waals surface area contributed by atoms with E-state index in [1.165, 1.54) is 126 Å². The predicted molar refractivity (Wildman–Crippen MR) is 427 cm³/mol. The molecule has 22 rings (SSSR count). The monoisotopic (exact) mass is 1300 g/mol. The van der Waals surface area contributed by atoms with E-state index in [1.54, 1.807) is 0 Å². The maximum absolute atomic E-state index is 6.41. The molecule has 0 saturated heterocycles. The van der Waals surface area contributed by atoms with Gasteiger partial charge in [-0.15, -0.1) is 0 Å². The Balaban J connectivity index is 0.000000133. The molecule has 0 N–H and O–H groups in total. The van der Waals surface area contributed by atoms with Crippen molar-refractivity contribution in [3.05, 3.63) is 364 Å². The van der Waals surface area contributed by atoms with Crippen LogP contribution < -0.4 is 0 Å². The molecule has 476 valence electrons. The second-order valence-corrected chi connectivity index (χ2v) is 26.7. The van der Waals surface area contributed by atoms with Gasteiger partial charge in [-0.05, 0) is 172 Å². The first-order valence-corrected chi connectivity index (χ1v) is 34.9. The van der Waals surface area contributed by atoms with E-state index in [0.29, 0.717) is 0 Å². The highest BCUT2D eigenvalue weighted by molar-refractivity contribution is 6.31. The van der Waals surface area contributed by atoms with Crippen LogP contribution in [0.25, 0.3) is 198 Å². The lowest BCUT2D eigenvalue weighted by molar-refractivity contribution is 0.669. The average Bonchev–Trinajstić information content (AvgIpc) is 1.55. The number of benzene rings is 16. The van der Waals surface area contributed by atoms with Crippen LogP contribution in [0, 0.1) is 0 Å². The Morgan fingerprint density at radius 1 is 0.147 bits per heavy atom. The van der Waals surface area contributed by atoms with E-state index in [1.807, 2.05) is 12.1 Å². The van der Waals surface area contributed by atoms with Gasteiger partial charge in [0.25, 0.3) is 0 Å². The van der Waals surface area contributed by atoms with Crippen LogP contribution in [0.2, 0.25) is 0 Å². The fourth-order valence-corrected chi connectivity index (χ4v) is 16.5. The third kappa shape index (κ3) is 8.99. The van der Waals surface area contributed by atoms with Crippen LogP contribution in [-0.4, -0.2) is 18.3 Å². The zero-order valence-electron chi connectivity index (χ0n) is 55.2. The van der Waals surface area contributed by atoms with Crippen LogP contribution in [0.5, 0.6) is 0 Å². The lowest BCUT2D eigenvalue weighted by Gasteiger charge is -2.12. The number of rotatable bonds is 8. The van der Waals surface area contributed by atoms with Gasteiger partial charge in [0.15, 0.2) is 0 Å². The summed E-state index contributed by atoms with van der Waals surface area (Å²) in [6.07, 6.45) is 0. The summed E-state index contributed by atoms with van der Waals surface area (Å²) in [5.74, 6) is 0. The summed E-state index contributed by atoms with van der Waals surface area (Å²) in [5, 5.41) is 14.4. The molecule has 0 amide bonds. The molecule has 0 bridgehead atoms. The quantitative estimate of drug-likeness (QED) is 0.152. The van der Waals surface area contributed by atoms with Gasteiger partial charge in [0.2, 0.25) is 0 Å². The third-order valence-corrected chi connectivity index (χ3v) is 21.0. The van der Waals surface area contributed by atoms with Crippen molar-refractivity contribution in [3.63, 3.8) is 0 Å². The average molecular weight is 1300 g/mol. The zero-order valence-corrected chi connectivity index (χ0v) is 55.2.